The number of nitrogens with zero attached hydrogens (tertiary/aromatic N) is 1. The molecular formula is C22H24F3N3O4. The topological polar surface area (TPSA) is 79.9 Å². The van der Waals surface area contributed by atoms with Crippen LogP contribution in [-0.4, -0.2) is 62.3 Å². The molecule has 1 aliphatic rings. The van der Waals surface area contributed by atoms with Crippen molar-refractivity contribution in [3.63, 3.8) is 0 Å². The summed E-state index contributed by atoms with van der Waals surface area (Å²) in [6.07, 6.45) is -4.37. The van der Waals surface area contributed by atoms with Crippen molar-refractivity contribution in [3.8, 4) is 0 Å². The van der Waals surface area contributed by atoms with Crippen LogP contribution in [0.15, 0.2) is 48.5 Å². The highest BCUT2D eigenvalue weighted by atomic mass is 19.4. The van der Waals surface area contributed by atoms with Crippen LogP contribution in [0.1, 0.15) is 15.9 Å². The molecule has 172 valence electrons. The first-order valence-electron chi connectivity index (χ1n) is 10.0. The van der Waals surface area contributed by atoms with Crippen molar-refractivity contribution in [2.75, 3.05) is 50.1 Å². The minimum atomic E-state index is -4.37. The molecule has 0 atom stereocenters. The van der Waals surface area contributed by atoms with E-state index in [1.54, 1.807) is 36.4 Å². The Morgan fingerprint density at radius 1 is 0.938 bits per heavy atom. The van der Waals surface area contributed by atoms with Gasteiger partial charge in [-0.3, -0.25) is 14.5 Å². The van der Waals surface area contributed by atoms with Gasteiger partial charge in [0.15, 0.2) is 0 Å². The van der Waals surface area contributed by atoms with Gasteiger partial charge < -0.3 is 20.1 Å². The van der Waals surface area contributed by atoms with Gasteiger partial charge in [-0.1, -0.05) is 12.1 Å². The lowest BCUT2D eigenvalue weighted by atomic mass is 10.1. The highest BCUT2D eigenvalue weighted by molar-refractivity contribution is 6.04. The molecule has 7 nitrogen and oxygen atoms in total. The predicted molar refractivity (Wildman–Crippen MR) is 112 cm³/mol. The fourth-order valence-electron chi connectivity index (χ4n) is 3.04. The Labute approximate surface area is 183 Å². The first-order chi connectivity index (χ1) is 15.3. The van der Waals surface area contributed by atoms with Crippen LogP contribution in [0.3, 0.4) is 0 Å². The number of carbonyl (C=O) groups excluding carboxylic acids is 2. The number of anilines is 2. The summed E-state index contributed by atoms with van der Waals surface area (Å²) in [6, 6.07) is 12.8. The lowest BCUT2D eigenvalue weighted by molar-refractivity contribution is -0.176. The van der Waals surface area contributed by atoms with Crippen molar-refractivity contribution < 1.29 is 32.2 Å². The van der Waals surface area contributed by atoms with Crippen molar-refractivity contribution >= 4 is 23.2 Å². The fourth-order valence-corrected chi connectivity index (χ4v) is 3.04. The maximum Gasteiger partial charge on any atom is 0.411 e. The molecule has 0 aromatic heterocycles. The zero-order chi connectivity index (χ0) is 23.0. The highest BCUT2D eigenvalue weighted by Gasteiger charge is 2.27. The summed E-state index contributed by atoms with van der Waals surface area (Å²) in [7, 11) is 0. The van der Waals surface area contributed by atoms with Crippen LogP contribution in [0, 0.1) is 0 Å². The third-order valence-electron chi connectivity index (χ3n) is 4.65. The van der Waals surface area contributed by atoms with E-state index in [0.29, 0.717) is 42.3 Å². The van der Waals surface area contributed by atoms with Crippen molar-refractivity contribution in [1.29, 1.82) is 0 Å². The van der Waals surface area contributed by atoms with Gasteiger partial charge in [-0.25, -0.2) is 0 Å². The van der Waals surface area contributed by atoms with Gasteiger partial charge in [0.1, 0.15) is 6.61 Å². The Hall–Kier alpha value is -2.95. The summed E-state index contributed by atoms with van der Waals surface area (Å²) in [4.78, 5) is 26.5. The zero-order valence-corrected chi connectivity index (χ0v) is 17.3. The number of hydrogen-bond donors (Lipinski definition) is 2. The first kappa shape index (κ1) is 23.7. The Bertz CT molecular complexity index is 896. The highest BCUT2D eigenvalue weighted by Crippen LogP contribution is 2.17. The van der Waals surface area contributed by atoms with Crippen molar-refractivity contribution in [2.45, 2.75) is 12.8 Å². The summed E-state index contributed by atoms with van der Waals surface area (Å²) in [5.41, 5.74) is 2.04. The fraction of sp³-hybridized carbons (Fsp3) is 0.364. The van der Waals surface area contributed by atoms with E-state index in [1.165, 1.54) is 12.1 Å². The van der Waals surface area contributed by atoms with Gasteiger partial charge in [0.2, 0.25) is 5.91 Å². The average Bonchev–Trinajstić information content (AvgIpc) is 2.75. The minimum absolute atomic E-state index is 0.122. The third-order valence-corrected chi connectivity index (χ3v) is 4.65. The molecule has 1 saturated heterocycles. The molecule has 0 bridgehead atoms. The molecule has 0 unspecified atom stereocenters. The first-order valence-corrected chi connectivity index (χ1v) is 10.0. The van der Waals surface area contributed by atoms with Crippen molar-refractivity contribution in [2.24, 2.45) is 0 Å². The van der Waals surface area contributed by atoms with Crippen molar-refractivity contribution in [1.82, 2.24) is 4.90 Å². The van der Waals surface area contributed by atoms with Gasteiger partial charge in [0.25, 0.3) is 5.91 Å². The Morgan fingerprint density at radius 2 is 1.53 bits per heavy atom. The number of amides is 2. The monoisotopic (exact) mass is 451 g/mol. The van der Waals surface area contributed by atoms with E-state index in [4.69, 9.17) is 4.74 Å². The number of morpholine rings is 1. The SMILES string of the molecule is O=C(CN1CCOCC1)Nc1ccc(NC(=O)c2ccc(COCC(F)(F)F)cc2)cc1. The van der Waals surface area contributed by atoms with Crippen LogP contribution in [0.4, 0.5) is 24.5 Å². The molecule has 1 aliphatic heterocycles. The molecule has 0 saturated carbocycles. The van der Waals surface area contributed by atoms with Gasteiger partial charge in [-0.2, -0.15) is 13.2 Å². The standard InChI is InChI=1S/C22H24F3N3O4/c23-22(24,25)15-32-14-16-1-3-17(4-2-16)21(30)27-19-7-5-18(6-8-19)26-20(29)13-28-9-11-31-12-10-28/h1-8H,9-15H2,(H,26,29)(H,27,30). The molecule has 3 rings (SSSR count). The molecule has 2 N–H and O–H groups in total. The molecular weight excluding hydrogens is 427 g/mol. The number of alkyl halides is 3. The molecule has 2 aromatic carbocycles. The molecule has 1 heterocycles. The van der Waals surface area contributed by atoms with E-state index in [9.17, 15) is 22.8 Å². The second-order valence-corrected chi connectivity index (χ2v) is 7.27. The maximum absolute atomic E-state index is 12.4. The summed E-state index contributed by atoms with van der Waals surface area (Å²) in [5.74, 6) is -0.486. The summed E-state index contributed by atoms with van der Waals surface area (Å²) in [6.45, 7) is 1.46. The Balaban J connectivity index is 1.46. The smallest absolute Gasteiger partial charge is 0.379 e. The molecule has 10 heteroatoms. The van der Waals surface area contributed by atoms with Gasteiger partial charge in [0, 0.05) is 30.0 Å². The van der Waals surface area contributed by atoms with E-state index >= 15 is 0 Å². The quantitative estimate of drug-likeness (QED) is 0.644. The van der Waals surface area contributed by atoms with Crippen molar-refractivity contribution in [3.05, 3.63) is 59.7 Å². The van der Waals surface area contributed by atoms with Crippen LogP contribution in [-0.2, 0) is 20.9 Å². The van der Waals surface area contributed by atoms with E-state index < -0.39 is 12.8 Å². The number of nitrogens with one attached hydrogen (secondary N) is 2. The van der Waals surface area contributed by atoms with Crippen LogP contribution >= 0.6 is 0 Å². The van der Waals surface area contributed by atoms with Crippen LogP contribution in [0.5, 0.6) is 0 Å². The predicted octanol–water partition coefficient (Wildman–Crippen LogP) is 3.29. The number of halogens is 3. The summed E-state index contributed by atoms with van der Waals surface area (Å²) >= 11 is 0. The number of rotatable bonds is 8. The van der Waals surface area contributed by atoms with E-state index in [-0.39, 0.29) is 18.4 Å². The molecule has 32 heavy (non-hydrogen) atoms. The van der Waals surface area contributed by atoms with Gasteiger partial charge in [-0.05, 0) is 42.0 Å². The summed E-state index contributed by atoms with van der Waals surface area (Å²) in [5, 5.41) is 5.55. The number of benzene rings is 2. The second kappa shape index (κ2) is 11.1. The third kappa shape index (κ3) is 7.95. The Kier molecular flexibility index (Phi) is 8.20. The zero-order valence-electron chi connectivity index (χ0n) is 17.3. The largest absolute Gasteiger partial charge is 0.411 e. The van der Waals surface area contributed by atoms with Gasteiger partial charge >= 0.3 is 6.18 Å². The number of ether oxygens (including phenoxy) is 2. The molecule has 0 aliphatic carbocycles. The number of hydrogen-bond acceptors (Lipinski definition) is 5. The van der Waals surface area contributed by atoms with Crippen LogP contribution in [0.25, 0.3) is 0 Å². The average molecular weight is 451 g/mol. The van der Waals surface area contributed by atoms with E-state index in [2.05, 4.69) is 15.4 Å². The van der Waals surface area contributed by atoms with Gasteiger partial charge in [-0.15, -0.1) is 0 Å². The molecule has 2 aromatic rings. The van der Waals surface area contributed by atoms with E-state index in [1.807, 2.05) is 4.90 Å². The summed E-state index contributed by atoms with van der Waals surface area (Å²) < 4.78 is 46.2. The Morgan fingerprint density at radius 3 is 2.12 bits per heavy atom. The molecule has 1 fully saturated rings. The minimum Gasteiger partial charge on any atom is -0.379 e. The second-order valence-electron chi connectivity index (χ2n) is 7.27. The van der Waals surface area contributed by atoms with Crippen LogP contribution in [0.2, 0.25) is 0 Å². The molecule has 2 amide bonds. The maximum atomic E-state index is 12.4. The van der Waals surface area contributed by atoms with E-state index in [0.717, 1.165) is 13.1 Å². The number of carbonyl (C=O) groups is 2. The van der Waals surface area contributed by atoms with Gasteiger partial charge in [0.05, 0.1) is 26.4 Å². The molecule has 0 radical (unpaired) electrons. The lowest BCUT2D eigenvalue weighted by Gasteiger charge is -2.25. The molecule has 0 spiro atoms. The normalized spacial score (nSPS) is 14.7. The van der Waals surface area contributed by atoms with Crippen LogP contribution < -0.4 is 10.6 Å². The lowest BCUT2D eigenvalue weighted by Crippen LogP contribution is -2.41.